The number of rotatable bonds is 0. The second-order valence-corrected chi connectivity index (χ2v) is 6.17. The van der Waals surface area contributed by atoms with Crippen molar-refractivity contribution in [1.29, 1.82) is 0 Å². The minimum absolute atomic E-state index is 0.141. The van der Waals surface area contributed by atoms with Crippen LogP contribution in [-0.4, -0.2) is 18.0 Å². The molecule has 5 rings (SSSR count). The van der Waals surface area contributed by atoms with E-state index in [1.807, 2.05) is 0 Å². The van der Waals surface area contributed by atoms with E-state index in [1.54, 1.807) is 0 Å². The Kier molecular flexibility index (Phi) is 1.56. The van der Waals surface area contributed by atoms with Crippen molar-refractivity contribution in [2.75, 3.05) is 0 Å². The van der Waals surface area contributed by atoms with Crippen LogP contribution in [0.3, 0.4) is 0 Å². The Labute approximate surface area is 91.3 Å². The average Bonchev–Trinajstić information content (AvgIpc) is 2.14. The standard InChI is InChI=1S/C13H20O2/c1-12-9-4-2-6-13(12)7-3-5-10(12)14-11(8-9)15-13/h9-11H,2-8H2,1H3/t9-,10-,11-,12-,13+/m1/s1. The maximum absolute atomic E-state index is 6.30. The summed E-state index contributed by atoms with van der Waals surface area (Å²) in [5, 5.41) is 0. The molecular weight excluding hydrogens is 188 g/mol. The van der Waals surface area contributed by atoms with Crippen LogP contribution in [0.2, 0.25) is 0 Å². The molecular formula is C13H20O2. The second-order valence-electron chi connectivity index (χ2n) is 6.17. The molecule has 5 aliphatic rings. The highest BCUT2D eigenvalue weighted by molar-refractivity contribution is 5.15. The molecule has 2 nitrogen and oxygen atoms in total. The highest BCUT2D eigenvalue weighted by Gasteiger charge is 2.68. The Morgan fingerprint density at radius 3 is 2.73 bits per heavy atom. The summed E-state index contributed by atoms with van der Waals surface area (Å²) < 4.78 is 12.4. The van der Waals surface area contributed by atoms with E-state index < -0.39 is 0 Å². The minimum atomic E-state index is 0.141. The molecule has 2 aliphatic carbocycles. The van der Waals surface area contributed by atoms with Crippen molar-refractivity contribution in [3.05, 3.63) is 0 Å². The number of hydrogen-bond acceptors (Lipinski definition) is 2. The van der Waals surface area contributed by atoms with Gasteiger partial charge in [0.25, 0.3) is 0 Å². The Hall–Kier alpha value is -0.0800. The first-order chi connectivity index (χ1) is 7.25. The molecule has 0 spiro atoms. The first-order valence-electron chi connectivity index (χ1n) is 6.58. The van der Waals surface area contributed by atoms with Crippen LogP contribution in [0.4, 0.5) is 0 Å². The molecule has 0 aromatic carbocycles. The van der Waals surface area contributed by atoms with Crippen molar-refractivity contribution in [2.45, 2.75) is 69.9 Å². The fraction of sp³-hybridized carbons (Fsp3) is 1.00. The molecule has 0 radical (unpaired) electrons. The Morgan fingerprint density at radius 2 is 1.93 bits per heavy atom. The summed E-state index contributed by atoms with van der Waals surface area (Å²) in [5.41, 5.74) is 0.554. The molecule has 0 aromatic heterocycles. The van der Waals surface area contributed by atoms with Gasteiger partial charge in [-0.3, -0.25) is 0 Å². The zero-order valence-electron chi connectivity index (χ0n) is 9.50. The molecule has 0 unspecified atom stereocenters. The van der Waals surface area contributed by atoms with Gasteiger partial charge >= 0.3 is 0 Å². The van der Waals surface area contributed by atoms with Gasteiger partial charge in [0.05, 0.1) is 11.7 Å². The van der Waals surface area contributed by atoms with Gasteiger partial charge in [-0.1, -0.05) is 13.3 Å². The zero-order valence-corrected chi connectivity index (χ0v) is 9.50. The van der Waals surface area contributed by atoms with Crippen LogP contribution in [0, 0.1) is 11.3 Å². The minimum Gasteiger partial charge on any atom is -0.349 e. The van der Waals surface area contributed by atoms with Crippen molar-refractivity contribution in [2.24, 2.45) is 11.3 Å². The Morgan fingerprint density at radius 1 is 1.13 bits per heavy atom. The molecule has 2 heteroatoms. The predicted molar refractivity (Wildman–Crippen MR) is 56.4 cm³/mol. The van der Waals surface area contributed by atoms with Crippen LogP contribution in [0.5, 0.6) is 0 Å². The van der Waals surface area contributed by atoms with Crippen molar-refractivity contribution in [3.8, 4) is 0 Å². The highest BCUT2D eigenvalue weighted by atomic mass is 16.7. The summed E-state index contributed by atoms with van der Waals surface area (Å²) in [6, 6.07) is 0. The van der Waals surface area contributed by atoms with Crippen molar-refractivity contribution >= 4 is 0 Å². The zero-order chi connectivity index (χ0) is 10.1. The lowest BCUT2D eigenvalue weighted by molar-refractivity contribution is -0.415. The fourth-order valence-corrected chi connectivity index (χ4v) is 5.01. The fourth-order valence-electron chi connectivity index (χ4n) is 5.01. The predicted octanol–water partition coefficient (Wildman–Crippen LogP) is 2.86. The van der Waals surface area contributed by atoms with Crippen molar-refractivity contribution in [1.82, 2.24) is 0 Å². The summed E-state index contributed by atoms with van der Waals surface area (Å²) in [6.45, 7) is 2.45. The largest absolute Gasteiger partial charge is 0.349 e. The summed E-state index contributed by atoms with van der Waals surface area (Å²) in [7, 11) is 0. The molecule has 5 fully saturated rings. The molecule has 3 saturated heterocycles. The molecule has 0 amide bonds. The van der Waals surface area contributed by atoms with Gasteiger partial charge in [0, 0.05) is 11.8 Å². The van der Waals surface area contributed by atoms with Crippen molar-refractivity contribution in [3.63, 3.8) is 0 Å². The first kappa shape index (κ1) is 9.00. The van der Waals surface area contributed by atoms with Crippen LogP contribution in [0.25, 0.3) is 0 Å². The van der Waals surface area contributed by atoms with Crippen LogP contribution in [0.1, 0.15) is 51.9 Å². The lowest BCUT2D eigenvalue weighted by atomic mass is 9.48. The monoisotopic (exact) mass is 208 g/mol. The maximum Gasteiger partial charge on any atom is 0.159 e. The van der Waals surface area contributed by atoms with E-state index in [0.717, 1.165) is 12.3 Å². The Bertz CT molecular complexity index is 279. The van der Waals surface area contributed by atoms with Crippen LogP contribution < -0.4 is 0 Å². The van der Waals surface area contributed by atoms with E-state index in [0.29, 0.717) is 11.5 Å². The third-order valence-corrected chi connectivity index (χ3v) is 5.83. The third-order valence-electron chi connectivity index (χ3n) is 5.83. The molecule has 84 valence electrons. The van der Waals surface area contributed by atoms with Gasteiger partial charge in [0.15, 0.2) is 6.29 Å². The van der Waals surface area contributed by atoms with E-state index in [-0.39, 0.29) is 11.9 Å². The summed E-state index contributed by atoms with van der Waals surface area (Å²) >= 11 is 0. The average molecular weight is 208 g/mol. The molecule has 5 atom stereocenters. The molecule has 3 heterocycles. The normalized spacial score (nSPS) is 61.8. The van der Waals surface area contributed by atoms with Gasteiger partial charge < -0.3 is 9.47 Å². The summed E-state index contributed by atoms with van der Waals surface area (Å²) in [6.07, 6.45) is 9.75. The lowest BCUT2D eigenvalue weighted by Crippen LogP contribution is -2.72. The first-order valence-corrected chi connectivity index (χ1v) is 6.58. The quantitative estimate of drug-likeness (QED) is 0.609. The lowest BCUT2D eigenvalue weighted by Gasteiger charge is -2.69. The van der Waals surface area contributed by atoms with Gasteiger partial charge in [0.1, 0.15) is 0 Å². The van der Waals surface area contributed by atoms with Gasteiger partial charge in [-0.2, -0.15) is 0 Å². The number of hydrogen-bond donors (Lipinski definition) is 0. The summed E-state index contributed by atoms with van der Waals surface area (Å²) in [5.74, 6) is 0.879. The van der Waals surface area contributed by atoms with Crippen LogP contribution in [0.15, 0.2) is 0 Å². The third kappa shape index (κ3) is 0.861. The van der Waals surface area contributed by atoms with Gasteiger partial charge in [0.2, 0.25) is 0 Å². The van der Waals surface area contributed by atoms with Crippen LogP contribution in [-0.2, 0) is 9.47 Å². The van der Waals surface area contributed by atoms with Gasteiger partial charge in [-0.15, -0.1) is 0 Å². The van der Waals surface area contributed by atoms with Gasteiger partial charge in [-0.05, 0) is 38.0 Å². The maximum atomic E-state index is 6.30. The van der Waals surface area contributed by atoms with E-state index in [4.69, 9.17) is 9.47 Å². The van der Waals surface area contributed by atoms with E-state index in [2.05, 4.69) is 6.92 Å². The Balaban J connectivity index is 1.87. The second kappa shape index (κ2) is 2.60. The SMILES string of the molecule is C[C@]12[C@@H]3CCC[C@]14CCC[C@H]2O[C@@H](C3)O4. The molecule has 5 bridgehead atoms. The molecule has 15 heavy (non-hydrogen) atoms. The van der Waals surface area contributed by atoms with Gasteiger partial charge in [-0.25, -0.2) is 0 Å². The smallest absolute Gasteiger partial charge is 0.159 e. The van der Waals surface area contributed by atoms with Crippen LogP contribution >= 0.6 is 0 Å². The van der Waals surface area contributed by atoms with E-state index >= 15 is 0 Å². The molecule has 0 aromatic rings. The molecule has 0 N–H and O–H groups in total. The highest BCUT2D eigenvalue weighted by Crippen LogP contribution is 2.66. The van der Waals surface area contributed by atoms with E-state index in [9.17, 15) is 0 Å². The van der Waals surface area contributed by atoms with Crippen molar-refractivity contribution < 1.29 is 9.47 Å². The van der Waals surface area contributed by atoms with E-state index in [1.165, 1.54) is 38.5 Å². The summed E-state index contributed by atoms with van der Waals surface area (Å²) in [4.78, 5) is 0. The number of ether oxygens (including phenoxy) is 2. The topological polar surface area (TPSA) is 18.5 Å². The molecule has 2 saturated carbocycles. The molecule has 3 aliphatic heterocycles.